The molecule has 0 saturated heterocycles. The lowest BCUT2D eigenvalue weighted by atomic mass is 9.65. The monoisotopic (exact) mass is 1360 g/mol. The lowest BCUT2D eigenvalue weighted by Gasteiger charge is -2.41. The van der Waals surface area contributed by atoms with Crippen LogP contribution in [0, 0.1) is 83.7 Å². The normalized spacial score (nSPS) is 17.4. The second-order valence-corrected chi connectivity index (χ2v) is 39.3. The van der Waals surface area contributed by atoms with Crippen LogP contribution in [0.3, 0.4) is 0 Å². The smallest absolute Gasteiger partial charge is 0.244 e. The fourth-order valence-corrected chi connectivity index (χ4v) is 10.7. The van der Waals surface area contributed by atoms with Crippen molar-refractivity contribution in [1.29, 1.82) is 0 Å². The molecular weight excluding hydrogens is 1180 g/mol. The Morgan fingerprint density at radius 2 is 0.602 bits per heavy atom. The summed E-state index contributed by atoms with van der Waals surface area (Å²) in [5, 5.41) is 0. The minimum atomic E-state index is -4.12. The van der Waals surface area contributed by atoms with E-state index >= 15 is 0 Å². The molecule has 3 aliphatic carbocycles. The molecule has 0 aromatic heterocycles. The lowest BCUT2D eigenvalue weighted by Crippen LogP contribution is -2.43. The minimum absolute atomic E-state index is 0.0478. The van der Waals surface area contributed by atoms with Crippen LogP contribution in [0.4, 0.5) is 39.5 Å². The molecule has 0 aromatic rings. The predicted octanol–water partition coefficient (Wildman–Crippen LogP) is 33.5. The summed E-state index contributed by atoms with van der Waals surface area (Å²) in [5.74, 6) is 1.46. The van der Waals surface area contributed by atoms with Gasteiger partial charge in [0.25, 0.3) is 0 Å². The number of halogens is 9. The molecule has 0 atom stereocenters. The maximum Gasteiger partial charge on any atom is 0.394 e. The van der Waals surface area contributed by atoms with Crippen molar-refractivity contribution >= 4 is 0 Å². The third kappa shape index (κ3) is 62.1. The average Bonchev–Trinajstić information content (AvgIpc) is 1.25. The molecule has 0 N–H and O–H groups in total. The van der Waals surface area contributed by atoms with Gasteiger partial charge < -0.3 is 0 Å². The Kier molecular flexibility index (Phi) is 54.4. The highest BCUT2D eigenvalue weighted by molar-refractivity contribution is 4.89. The maximum absolute atomic E-state index is 13.2. The molecular formula is C84H175F9. The highest BCUT2D eigenvalue weighted by Crippen LogP contribution is 2.50. The maximum atomic E-state index is 13.2. The Labute approximate surface area is 582 Å². The Morgan fingerprint density at radius 3 is 0.677 bits per heavy atom. The van der Waals surface area contributed by atoms with E-state index in [4.69, 9.17) is 0 Å². The average molecular weight is 1360 g/mol. The van der Waals surface area contributed by atoms with Crippen LogP contribution in [0.15, 0.2) is 0 Å². The molecule has 3 rings (SSSR count). The summed E-state index contributed by atoms with van der Waals surface area (Å²) in [6.45, 7) is 87.5. The molecule has 3 aliphatic rings. The van der Waals surface area contributed by atoms with Gasteiger partial charge in [-0.15, -0.1) is 0 Å². The van der Waals surface area contributed by atoms with Gasteiger partial charge in [-0.2, -0.15) is 26.3 Å². The Bertz CT molecular complexity index is 1610. The highest BCUT2D eigenvalue weighted by Gasteiger charge is 2.53. The summed E-state index contributed by atoms with van der Waals surface area (Å²) in [7, 11) is 0. The molecule has 0 unspecified atom stereocenters. The van der Waals surface area contributed by atoms with Crippen molar-refractivity contribution in [3.63, 3.8) is 0 Å². The summed E-state index contributed by atoms with van der Waals surface area (Å²) >= 11 is 0. The van der Waals surface area contributed by atoms with Crippen LogP contribution in [0.2, 0.25) is 0 Å². The zero-order valence-electron chi connectivity index (χ0n) is 71.3. The Balaban J connectivity index is -0.000000144. The zero-order valence-corrected chi connectivity index (χ0v) is 71.3. The van der Waals surface area contributed by atoms with Crippen LogP contribution in [0.25, 0.3) is 0 Å². The van der Waals surface area contributed by atoms with Gasteiger partial charge in [0.1, 0.15) is 17.0 Å². The fourth-order valence-electron chi connectivity index (χ4n) is 10.7. The van der Waals surface area contributed by atoms with E-state index in [1.54, 1.807) is 34.6 Å². The van der Waals surface area contributed by atoms with Crippen molar-refractivity contribution in [3.8, 4) is 0 Å². The van der Waals surface area contributed by atoms with E-state index < -0.39 is 40.2 Å². The second kappa shape index (κ2) is 46.7. The van der Waals surface area contributed by atoms with E-state index in [0.29, 0.717) is 43.3 Å². The highest BCUT2D eigenvalue weighted by atomic mass is 19.4. The number of hydrogen-bond acceptors (Lipinski definition) is 0. The molecule has 0 nitrogen and oxygen atoms in total. The van der Waals surface area contributed by atoms with Crippen molar-refractivity contribution in [2.24, 2.45) is 83.7 Å². The third-order valence-electron chi connectivity index (χ3n) is 20.8. The number of alkyl halides is 9. The molecule has 0 bridgehead atoms. The molecule has 574 valence electrons. The molecule has 3 saturated carbocycles. The van der Waals surface area contributed by atoms with Crippen molar-refractivity contribution in [1.82, 2.24) is 0 Å². The van der Waals surface area contributed by atoms with Gasteiger partial charge in [-0.25, -0.2) is 13.2 Å². The lowest BCUT2D eigenvalue weighted by molar-refractivity contribution is -0.239. The van der Waals surface area contributed by atoms with Gasteiger partial charge in [-0.3, -0.25) is 0 Å². The van der Waals surface area contributed by atoms with Crippen LogP contribution in [-0.4, -0.2) is 29.4 Å². The van der Waals surface area contributed by atoms with Crippen LogP contribution >= 0.6 is 0 Å². The topological polar surface area (TPSA) is 0 Å². The summed E-state index contributed by atoms with van der Waals surface area (Å²) in [6.07, 6.45) is 13.6. The van der Waals surface area contributed by atoms with Gasteiger partial charge in [0.2, 0.25) is 0 Å². The van der Waals surface area contributed by atoms with E-state index in [-0.39, 0.29) is 30.6 Å². The molecule has 0 aliphatic heterocycles. The van der Waals surface area contributed by atoms with Crippen LogP contribution < -0.4 is 0 Å². The van der Waals surface area contributed by atoms with Crippen molar-refractivity contribution in [2.45, 2.75) is 461 Å². The molecule has 0 heterocycles. The largest absolute Gasteiger partial charge is 0.394 e. The first-order valence-electron chi connectivity index (χ1n) is 37.9. The fraction of sp³-hybridized carbons (Fsp3) is 1.00. The Morgan fingerprint density at radius 1 is 0.344 bits per heavy atom. The van der Waals surface area contributed by atoms with Crippen LogP contribution in [-0.2, 0) is 0 Å². The molecule has 93 heavy (non-hydrogen) atoms. The van der Waals surface area contributed by atoms with Gasteiger partial charge in [-0.05, 0) is 164 Å². The molecule has 0 amide bonds. The van der Waals surface area contributed by atoms with Gasteiger partial charge in [0, 0.05) is 0 Å². The van der Waals surface area contributed by atoms with Gasteiger partial charge in [0.05, 0.1) is 10.8 Å². The van der Waals surface area contributed by atoms with E-state index in [0.717, 1.165) is 88.9 Å². The summed E-state index contributed by atoms with van der Waals surface area (Å²) in [4.78, 5) is 0. The molecule has 0 spiro atoms. The first-order valence-corrected chi connectivity index (χ1v) is 37.9. The molecule has 0 aromatic carbocycles. The minimum Gasteiger partial charge on any atom is -0.244 e. The van der Waals surface area contributed by atoms with Crippen LogP contribution in [0.5, 0.6) is 0 Å². The first-order chi connectivity index (χ1) is 40.7. The molecule has 9 heteroatoms. The summed E-state index contributed by atoms with van der Waals surface area (Å²) < 4.78 is 113. The van der Waals surface area contributed by atoms with E-state index in [2.05, 4.69) is 208 Å². The molecule has 0 radical (unpaired) electrons. The second-order valence-electron chi connectivity index (χ2n) is 39.3. The Hall–Kier alpha value is -0.630. The van der Waals surface area contributed by atoms with Gasteiger partial charge in [-0.1, -0.05) is 341 Å². The third-order valence-corrected chi connectivity index (χ3v) is 20.8. The van der Waals surface area contributed by atoms with E-state index in [1.165, 1.54) is 72.1 Å². The standard InChI is InChI=1S/C11H21F3.C10H22.C9H17F.C9H20.C7H13F3.C7H13F.2C7H16.C6H11F.C6H14.C5H12/c1-7(2)9(8(3)4)10(5,6)11(12,13)14;1-7-10(6,8-2)9(3,4)5;1-8(2)4-6-9(3,10)7-5-8;1-6-8(7-2)9(3,4)5;1-4-6(3,5-2)7(8,9)10;1-7(8)5-3-2-4-6-7;1-6(2)7(3,4)5;1-5-6-7(2,3)4;1-6(7)4-2-3-5-6;1-5-6(2,3)4;1-5(2,3)4/h7-9H,1-6H3;7-8H2,1-6H3;4-7H2,1-3H3;8H,6-7H2,1-5H3;4-5H2,1-3H3;2-6H2,1H3;6H,1-5H3;5-6H2,1-4H3;2-5H2,1H3;5H2,1-4H3;1-4H3. The quantitative estimate of drug-likeness (QED) is 0.191. The zero-order chi connectivity index (χ0) is 76.9. The molecule has 3 fully saturated rings. The van der Waals surface area contributed by atoms with Gasteiger partial charge in [0.15, 0.2) is 0 Å². The van der Waals surface area contributed by atoms with Gasteiger partial charge >= 0.3 is 12.4 Å². The predicted molar refractivity (Wildman–Crippen MR) is 405 cm³/mol. The van der Waals surface area contributed by atoms with Crippen molar-refractivity contribution in [3.05, 3.63) is 0 Å². The summed E-state index contributed by atoms with van der Waals surface area (Å²) in [6, 6.07) is 0. The number of rotatable bonds is 10. The van der Waals surface area contributed by atoms with Crippen LogP contribution in [0.1, 0.15) is 432 Å². The summed E-state index contributed by atoms with van der Waals surface area (Å²) in [5.41, 5.74) is -1.59. The van der Waals surface area contributed by atoms with Crippen molar-refractivity contribution in [2.75, 3.05) is 0 Å². The number of hydrogen-bond donors (Lipinski definition) is 0. The first kappa shape index (κ1) is 108. The SMILES string of the molecule is CC(C)(C)C.CC(C)C(C(C)C)C(C)(C)C(F)(F)F.CC(C)C(C)(C)C.CC1(C)CCC(C)(F)CC1.CC1(F)CCCC1.CC1(F)CCCCC1.CCC(C)(C)C.CCC(C)(CC)C(C)(C)C.CCC(C)(CC)C(F)(F)F.CCC(CC)C(C)(C)C.CCCC(C)(C)C. The van der Waals surface area contributed by atoms with E-state index in [1.807, 2.05) is 27.7 Å². The van der Waals surface area contributed by atoms with E-state index in [9.17, 15) is 39.5 Å². The van der Waals surface area contributed by atoms with Crippen molar-refractivity contribution < 1.29 is 39.5 Å².